The molecule has 0 radical (unpaired) electrons. The van der Waals surface area contributed by atoms with Gasteiger partial charge in [0, 0.05) is 10.8 Å². The molecular formula is C24H15N3O4S. The fraction of sp³-hybridized carbons (Fsp3) is 0.167. The van der Waals surface area contributed by atoms with Crippen molar-refractivity contribution in [2.75, 3.05) is 0 Å². The molecule has 32 heavy (non-hydrogen) atoms. The minimum absolute atomic E-state index is 0.00150. The zero-order valence-electron chi connectivity index (χ0n) is 16.5. The summed E-state index contributed by atoms with van der Waals surface area (Å²) in [5.41, 5.74) is 2.68. The highest BCUT2D eigenvalue weighted by atomic mass is 32.2. The van der Waals surface area contributed by atoms with Crippen LogP contribution >= 0.6 is 0 Å². The summed E-state index contributed by atoms with van der Waals surface area (Å²) in [5.74, 6) is -1.89. The van der Waals surface area contributed by atoms with Gasteiger partial charge < -0.3 is 0 Å². The highest BCUT2D eigenvalue weighted by Gasteiger charge is 2.62. The van der Waals surface area contributed by atoms with Crippen LogP contribution < -0.4 is 0 Å². The number of rotatable bonds is 3. The van der Waals surface area contributed by atoms with Crippen molar-refractivity contribution in [1.29, 1.82) is 10.5 Å². The average Bonchev–Trinajstić information content (AvgIpc) is 2.82. The molecule has 0 aromatic heterocycles. The summed E-state index contributed by atoms with van der Waals surface area (Å²) < 4.78 is 27.6. The molecule has 0 spiro atoms. The van der Waals surface area contributed by atoms with Gasteiger partial charge in [-0.3, -0.25) is 10.1 Å². The van der Waals surface area contributed by atoms with E-state index in [0.717, 1.165) is 0 Å². The number of sulfone groups is 1. The smallest absolute Gasteiger partial charge is 0.241 e. The summed E-state index contributed by atoms with van der Waals surface area (Å²) in [4.78, 5) is 11.9. The van der Waals surface area contributed by atoms with Gasteiger partial charge in [-0.2, -0.15) is 10.5 Å². The van der Waals surface area contributed by atoms with Crippen LogP contribution in [-0.2, 0) is 9.84 Å². The number of hydrogen-bond acceptors (Lipinski definition) is 6. The Hall–Kier alpha value is -4.01. The van der Waals surface area contributed by atoms with Crippen LogP contribution in [0.4, 0.5) is 0 Å². The van der Waals surface area contributed by atoms with Gasteiger partial charge in [0.1, 0.15) is 5.25 Å². The summed E-state index contributed by atoms with van der Waals surface area (Å²) in [5, 5.41) is 30.5. The fourth-order valence-corrected chi connectivity index (χ4v) is 7.48. The number of nitrogens with zero attached hydrogens (tertiary/aromatic N) is 3. The van der Waals surface area contributed by atoms with Crippen LogP contribution in [0.3, 0.4) is 0 Å². The van der Waals surface area contributed by atoms with E-state index >= 15 is 0 Å². The van der Waals surface area contributed by atoms with Crippen LogP contribution in [0.25, 0.3) is 0 Å². The van der Waals surface area contributed by atoms with Crippen LogP contribution in [0.15, 0.2) is 71.6 Å². The molecule has 0 amide bonds. The van der Waals surface area contributed by atoms with E-state index in [-0.39, 0.29) is 10.5 Å². The Morgan fingerprint density at radius 1 is 0.781 bits per heavy atom. The topological polar surface area (TPSA) is 125 Å². The van der Waals surface area contributed by atoms with E-state index in [1.165, 1.54) is 12.1 Å². The molecule has 6 rings (SSSR count). The first-order chi connectivity index (χ1) is 15.4. The molecule has 0 fully saturated rings. The van der Waals surface area contributed by atoms with Crippen molar-refractivity contribution in [3.8, 4) is 12.1 Å². The first-order valence-corrected chi connectivity index (χ1v) is 11.4. The zero-order valence-corrected chi connectivity index (χ0v) is 17.4. The van der Waals surface area contributed by atoms with Crippen LogP contribution in [0.5, 0.6) is 0 Å². The minimum Gasteiger partial charge on any atom is -0.264 e. The van der Waals surface area contributed by atoms with Crippen molar-refractivity contribution >= 4 is 9.84 Å². The van der Waals surface area contributed by atoms with E-state index in [0.29, 0.717) is 27.8 Å². The first kappa shape index (κ1) is 19.9. The van der Waals surface area contributed by atoms with E-state index in [1.54, 1.807) is 54.6 Å². The molecule has 0 heterocycles. The molecule has 3 aliphatic carbocycles. The number of fused-ring (bicyclic) bond motifs is 1. The second-order valence-electron chi connectivity index (χ2n) is 7.89. The highest BCUT2D eigenvalue weighted by molar-refractivity contribution is 7.92. The van der Waals surface area contributed by atoms with Gasteiger partial charge >= 0.3 is 0 Å². The lowest BCUT2D eigenvalue weighted by atomic mass is 9.59. The molecule has 0 saturated heterocycles. The van der Waals surface area contributed by atoms with E-state index in [4.69, 9.17) is 0 Å². The predicted octanol–water partition coefficient (Wildman–Crippen LogP) is 3.51. The number of hydrogen-bond donors (Lipinski definition) is 0. The highest BCUT2D eigenvalue weighted by Crippen LogP contribution is 2.57. The maximum Gasteiger partial charge on any atom is 0.241 e. The summed E-state index contributed by atoms with van der Waals surface area (Å²) in [7, 11) is -4.15. The molecular weight excluding hydrogens is 426 g/mol. The van der Waals surface area contributed by atoms with E-state index < -0.39 is 37.9 Å². The van der Waals surface area contributed by atoms with Crippen molar-refractivity contribution in [2.45, 2.75) is 28.0 Å². The standard InChI is InChI=1S/C24H15N3O4S/c25-12-14-6-5-11-18-19(14)21-17-10-4-7-15(13-26)20(17)22(18)24(23(21)27(28)29)32(30,31)16-8-2-1-3-9-16/h1-11,21-24H/t21-,22-,23?,24?/m0/s1. The number of nitro groups is 1. The zero-order chi connectivity index (χ0) is 22.6. The van der Waals surface area contributed by atoms with Crippen molar-refractivity contribution < 1.29 is 13.3 Å². The Bertz CT molecular complexity index is 1470. The Labute approximate surface area is 184 Å². The predicted molar refractivity (Wildman–Crippen MR) is 114 cm³/mol. The summed E-state index contributed by atoms with van der Waals surface area (Å²) >= 11 is 0. The van der Waals surface area contributed by atoms with Crippen molar-refractivity contribution in [1.82, 2.24) is 0 Å². The lowest BCUT2D eigenvalue weighted by Crippen LogP contribution is -2.54. The number of benzene rings is 3. The molecule has 156 valence electrons. The number of nitriles is 2. The van der Waals surface area contributed by atoms with E-state index in [2.05, 4.69) is 12.1 Å². The molecule has 3 aromatic rings. The third-order valence-corrected chi connectivity index (χ3v) is 8.69. The molecule has 3 aromatic carbocycles. The maximum atomic E-state index is 13.8. The Balaban J connectivity index is 1.91. The van der Waals surface area contributed by atoms with Gasteiger partial charge in [-0.05, 0) is 46.5 Å². The Kier molecular flexibility index (Phi) is 4.37. The van der Waals surface area contributed by atoms with Crippen LogP contribution in [0, 0.1) is 32.8 Å². The third-order valence-electron chi connectivity index (χ3n) is 6.49. The maximum absolute atomic E-state index is 13.8. The largest absolute Gasteiger partial charge is 0.264 e. The molecule has 0 saturated carbocycles. The van der Waals surface area contributed by atoms with Crippen molar-refractivity contribution in [3.05, 3.63) is 110 Å². The van der Waals surface area contributed by atoms with Gasteiger partial charge in [-0.15, -0.1) is 0 Å². The molecule has 2 bridgehead atoms. The van der Waals surface area contributed by atoms with Gasteiger partial charge in [0.15, 0.2) is 9.84 Å². The van der Waals surface area contributed by atoms with Crippen molar-refractivity contribution in [2.24, 2.45) is 0 Å². The van der Waals surface area contributed by atoms with Crippen molar-refractivity contribution in [3.63, 3.8) is 0 Å². The van der Waals surface area contributed by atoms with Crippen LogP contribution in [0.1, 0.15) is 45.2 Å². The quantitative estimate of drug-likeness (QED) is 0.452. The molecule has 0 aliphatic heterocycles. The molecule has 0 N–H and O–H groups in total. The lowest BCUT2D eigenvalue weighted by Gasteiger charge is -2.46. The Morgan fingerprint density at radius 3 is 1.84 bits per heavy atom. The van der Waals surface area contributed by atoms with Crippen LogP contribution in [-0.4, -0.2) is 24.6 Å². The fourth-order valence-electron chi connectivity index (χ4n) is 5.36. The molecule has 2 unspecified atom stereocenters. The second-order valence-corrected chi connectivity index (χ2v) is 10.0. The lowest BCUT2D eigenvalue weighted by molar-refractivity contribution is -0.526. The summed E-state index contributed by atoms with van der Waals surface area (Å²) in [6.45, 7) is 0. The molecule has 8 heteroatoms. The minimum atomic E-state index is -4.15. The Morgan fingerprint density at radius 2 is 1.31 bits per heavy atom. The second kappa shape index (κ2) is 7.01. The van der Waals surface area contributed by atoms with E-state index in [9.17, 15) is 29.1 Å². The molecule has 7 nitrogen and oxygen atoms in total. The van der Waals surface area contributed by atoms with E-state index in [1.807, 2.05) is 0 Å². The molecule has 3 aliphatic rings. The summed E-state index contributed by atoms with van der Waals surface area (Å²) in [6.07, 6.45) is 0. The molecule has 4 atom stereocenters. The van der Waals surface area contributed by atoms with Gasteiger partial charge in [-0.25, -0.2) is 8.42 Å². The van der Waals surface area contributed by atoms with Gasteiger partial charge in [0.2, 0.25) is 6.04 Å². The first-order valence-electron chi connectivity index (χ1n) is 9.90. The normalized spacial score (nSPS) is 22.8. The van der Waals surface area contributed by atoms with Gasteiger partial charge in [0.25, 0.3) is 0 Å². The van der Waals surface area contributed by atoms with Crippen LogP contribution in [0.2, 0.25) is 0 Å². The van der Waals surface area contributed by atoms with Gasteiger partial charge in [0.05, 0.1) is 34.1 Å². The third kappa shape index (κ3) is 2.54. The average molecular weight is 441 g/mol. The van der Waals surface area contributed by atoms with Gasteiger partial charge in [-0.1, -0.05) is 42.5 Å². The summed E-state index contributed by atoms with van der Waals surface area (Å²) in [6, 6.07) is 20.3. The SMILES string of the molecule is N#Cc1cccc2c1[C@@H]1c3cccc(C#N)c3[C@H]2C(S(=O)(=O)c2ccccc2)C1[N+](=O)[O-]. The monoisotopic (exact) mass is 441 g/mol.